The minimum Gasteiger partial charge on any atom is -0.465 e. The van der Waals surface area contributed by atoms with Crippen LogP contribution in [0.1, 0.15) is 19.8 Å². The first-order chi connectivity index (χ1) is 9.12. The maximum atomic E-state index is 12.0. The van der Waals surface area contributed by atoms with Crippen LogP contribution in [-0.4, -0.2) is 38.1 Å². The molecule has 0 spiro atoms. The first-order valence-corrected chi connectivity index (χ1v) is 5.96. The summed E-state index contributed by atoms with van der Waals surface area (Å²) in [5.74, 6) is -2.04. The van der Waals surface area contributed by atoms with Crippen LogP contribution in [0, 0.1) is 5.92 Å². The number of carbonyl (C=O) groups excluding carboxylic acids is 2. The number of hydrogen-bond donors (Lipinski definition) is 0. The number of hydrogen-bond acceptors (Lipinski definition) is 5. The lowest BCUT2D eigenvalue weighted by Crippen LogP contribution is -2.39. The number of carbonyl (C=O) groups is 2. The van der Waals surface area contributed by atoms with Gasteiger partial charge in [0.15, 0.2) is 0 Å². The van der Waals surface area contributed by atoms with Gasteiger partial charge in [0.2, 0.25) is 0 Å². The molecule has 0 aromatic heterocycles. The highest BCUT2D eigenvalue weighted by atomic mass is 16.5. The van der Waals surface area contributed by atoms with Gasteiger partial charge in [0.25, 0.3) is 0 Å². The number of ether oxygens (including phenoxy) is 2. The van der Waals surface area contributed by atoms with E-state index in [0.717, 1.165) is 0 Å². The second-order valence-electron chi connectivity index (χ2n) is 3.71. The average Bonchev–Trinajstić information content (AvgIpc) is 2.40. The fourth-order valence-corrected chi connectivity index (χ4v) is 1.56. The van der Waals surface area contributed by atoms with Crippen molar-refractivity contribution < 1.29 is 19.1 Å². The normalized spacial score (nSPS) is 12.9. The van der Waals surface area contributed by atoms with Gasteiger partial charge in [-0.2, -0.15) is 0 Å². The molecule has 0 aliphatic rings. The molecule has 7 nitrogen and oxygen atoms in total. The number of rotatable bonds is 10. The third kappa shape index (κ3) is 6.03. The van der Waals surface area contributed by atoms with Crippen molar-refractivity contribution in [2.45, 2.75) is 25.9 Å². The van der Waals surface area contributed by atoms with Crippen LogP contribution in [-0.2, 0) is 19.1 Å². The second kappa shape index (κ2) is 10.1. The van der Waals surface area contributed by atoms with Gasteiger partial charge in [-0.1, -0.05) is 11.2 Å². The first-order valence-electron chi connectivity index (χ1n) is 5.96. The molecule has 2 atom stereocenters. The van der Waals surface area contributed by atoms with E-state index < -0.39 is 18.0 Å². The number of methoxy groups -OCH3 is 1. The van der Waals surface area contributed by atoms with E-state index in [1.165, 1.54) is 7.11 Å². The van der Waals surface area contributed by atoms with E-state index in [-0.39, 0.29) is 25.4 Å². The molecule has 0 saturated heterocycles. The molecular formula is C12H19N3O4. The fraction of sp³-hybridized carbons (Fsp3) is 0.667. The first kappa shape index (κ1) is 17.2. The van der Waals surface area contributed by atoms with Gasteiger partial charge in [-0.05, 0) is 18.9 Å². The van der Waals surface area contributed by atoms with Crippen LogP contribution in [0.15, 0.2) is 17.8 Å². The van der Waals surface area contributed by atoms with Gasteiger partial charge in [0.05, 0.1) is 19.3 Å². The van der Waals surface area contributed by atoms with E-state index in [4.69, 9.17) is 15.0 Å². The molecule has 0 bridgehead atoms. The summed E-state index contributed by atoms with van der Waals surface area (Å²) in [6.07, 6.45) is 1.41. The van der Waals surface area contributed by atoms with Gasteiger partial charge in [0.1, 0.15) is 11.7 Å². The number of allylic oxidation sites excluding steroid dienone is 1. The Kier molecular flexibility index (Phi) is 9.12. The second-order valence-corrected chi connectivity index (χ2v) is 3.71. The smallest absolute Gasteiger partial charge is 0.319 e. The number of nitrogens with zero attached hydrogens (tertiary/aromatic N) is 3. The zero-order valence-electron chi connectivity index (χ0n) is 11.2. The molecule has 2 unspecified atom stereocenters. The molecule has 0 aliphatic carbocycles. The summed E-state index contributed by atoms with van der Waals surface area (Å²) in [4.78, 5) is 26.4. The van der Waals surface area contributed by atoms with Crippen LogP contribution in [0.5, 0.6) is 0 Å². The van der Waals surface area contributed by atoms with E-state index in [0.29, 0.717) is 6.42 Å². The van der Waals surface area contributed by atoms with E-state index in [1.54, 1.807) is 13.0 Å². The van der Waals surface area contributed by atoms with Gasteiger partial charge >= 0.3 is 5.97 Å². The Hall–Kier alpha value is -1.85. The predicted molar refractivity (Wildman–Crippen MR) is 69.4 cm³/mol. The van der Waals surface area contributed by atoms with Crippen LogP contribution in [0.25, 0.3) is 10.4 Å². The molecular weight excluding hydrogens is 250 g/mol. The molecule has 0 heterocycles. The Morgan fingerprint density at radius 1 is 1.53 bits per heavy atom. The SMILES string of the molecule is C=CCCC(=O)C(C(=O)OCC)C(CN=[N+]=[N-])OC. The van der Waals surface area contributed by atoms with Gasteiger partial charge in [-0.15, -0.1) is 6.58 Å². The number of ketones is 1. The average molecular weight is 269 g/mol. The van der Waals surface area contributed by atoms with Crippen molar-refractivity contribution in [3.05, 3.63) is 23.1 Å². The van der Waals surface area contributed by atoms with Crippen molar-refractivity contribution in [1.29, 1.82) is 0 Å². The van der Waals surface area contributed by atoms with Crippen molar-refractivity contribution in [2.75, 3.05) is 20.3 Å². The van der Waals surface area contributed by atoms with Crippen molar-refractivity contribution in [3.63, 3.8) is 0 Å². The van der Waals surface area contributed by atoms with Gasteiger partial charge in [0, 0.05) is 18.4 Å². The summed E-state index contributed by atoms with van der Waals surface area (Å²) >= 11 is 0. The standard InChI is InChI=1S/C12H19N3O4/c1-4-6-7-9(16)11(12(17)19-5-2)10(18-3)8-14-15-13/h4,10-11H,1,5-8H2,2-3H3. The molecule has 0 amide bonds. The lowest BCUT2D eigenvalue weighted by atomic mass is 9.94. The third-order valence-corrected chi connectivity index (χ3v) is 2.48. The number of esters is 1. The Balaban J connectivity index is 4.99. The van der Waals surface area contributed by atoms with Crippen molar-refractivity contribution in [1.82, 2.24) is 0 Å². The van der Waals surface area contributed by atoms with Crippen LogP contribution in [0.3, 0.4) is 0 Å². The largest absolute Gasteiger partial charge is 0.465 e. The molecule has 7 heteroatoms. The highest BCUT2D eigenvalue weighted by Gasteiger charge is 2.35. The molecule has 0 rings (SSSR count). The quantitative estimate of drug-likeness (QED) is 0.151. The highest BCUT2D eigenvalue weighted by Crippen LogP contribution is 2.15. The molecule has 0 N–H and O–H groups in total. The molecule has 19 heavy (non-hydrogen) atoms. The highest BCUT2D eigenvalue weighted by molar-refractivity contribution is 5.99. The van der Waals surface area contributed by atoms with E-state index in [1.807, 2.05) is 0 Å². The fourth-order valence-electron chi connectivity index (χ4n) is 1.56. The molecule has 0 saturated carbocycles. The Bertz CT molecular complexity index is 364. The lowest BCUT2D eigenvalue weighted by Gasteiger charge is -2.21. The van der Waals surface area contributed by atoms with Crippen LogP contribution in [0.2, 0.25) is 0 Å². The van der Waals surface area contributed by atoms with E-state index in [9.17, 15) is 9.59 Å². The Morgan fingerprint density at radius 2 is 2.21 bits per heavy atom. The Labute approximate surface area is 112 Å². The molecule has 0 aromatic rings. The summed E-state index contributed by atoms with van der Waals surface area (Å²) in [7, 11) is 1.35. The topological polar surface area (TPSA) is 101 Å². The zero-order valence-corrected chi connectivity index (χ0v) is 11.2. The number of Topliss-reactive ketones (excluding diaryl/α,β-unsaturated/α-hetero) is 1. The van der Waals surface area contributed by atoms with Gasteiger partial charge in [-0.3, -0.25) is 9.59 Å². The van der Waals surface area contributed by atoms with E-state index in [2.05, 4.69) is 16.6 Å². The van der Waals surface area contributed by atoms with Crippen molar-refractivity contribution >= 4 is 11.8 Å². The molecule has 0 aliphatic heterocycles. The summed E-state index contributed by atoms with van der Waals surface area (Å²) in [6, 6.07) is 0. The molecule has 0 aromatic carbocycles. The van der Waals surface area contributed by atoms with Gasteiger partial charge in [-0.25, -0.2) is 0 Å². The van der Waals surface area contributed by atoms with Crippen LogP contribution in [0.4, 0.5) is 0 Å². The summed E-state index contributed by atoms with van der Waals surface area (Å²) in [5, 5.41) is 3.34. The van der Waals surface area contributed by atoms with Crippen LogP contribution < -0.4 is 0 Å². The molecule has 0 radical (unpaired) electrons. The number of azide groups is 1. The monoisotopic (exact) mass is 269 g/mol. The van der Waals surface area contributed by atoms with Crippen LogP contribution >= 0.6 is 0 Å². The maximum absolute atomic E-state index is 12.0. The summed E-state index contributed by atoms with van der Waals surface area (Å²) in [6.45, 7) is 5.24. The maximum Gasteiger partial charge on any atom is 0.319 e. The van der Waals surface area contributed by atoms with Gasteiger partial charge < -0.3 is 9.47 Å². The third-order valence-electron chi connectivity index (χ3n) is 2.48. The lowest BCUT2D eigenvalue weighted by molar-refractivity contribution is -0.157. The summed E-state index contributed by atoms with van der Waals surface area (Å²) < 4.78 is 9.94. The predicted octanol–water partition coefficient (Wildman–Crippen LogP) is 2.03. The Morgan fingerprint density at radius 3 is 2.68 bits per heavy atom. The van der Waals surface area contributed by atoms with E-state index >= 15 is 0 Å². The minimum absolute atomic E-state index is 0.101. The minimum atomic E-state index is -1.07. The molecule has 0 fully saturated rings. The zero-order chi connectivity index (χ0) is 14.7. The molecule has 106 valence electrons. The van der Waals surface area contributed by atoms with Crippen molar-refractivity contribution in [3.8, 4) is 0 Å². The summed E-state index contributed by atoms with van der Waals surface area (Å²) in [5.41, 5.74) is 8.30. The van der Waals surface area contributed by atoms with Crippen molar-refractivity contribution in [2.24, 2.45) is 11.0 Å².